The van der Waals surface area contributed by atoms with E-state index in [4.69, 9.17) is 0 Å². The molecule has 0 aromatic carbocycles. The molecule has 1 fully saturated rings. The Labute approximate surface area is 89.2 Å². The van der Waals surface area contributed by atoms with E-state index in [1.807, 2.05) is 0 Å². The molecule has 0 aliphatic carbocycles. The van der Waals surface area contributed by atoms with E-state index in [0.29, 0.717) is 5.41 Å². The number of hydrogen-bond donors (Lipinski definition) is 0. The van der Waals surface area contributed by atoms with Crippen LogP contribution in [0.25, 0.3) is 0 Å². The van der Waals surface area contributed by atoms with E-state index in [2.05, 4.69) is 39.3 Å². The van der Waals surface area contributed by atoms with E-state index in [9.17, 15) is 0 Å². The zero-order valence-electron chi connectivity index (χ0n) is 10.3. The van der Waals surface area contributed by atoms with Gasteiger partial charge in [-0.05, 0) is 25.7 Å². The lowest BCUT2D eigenvalue weighted by Gasteiger charge is -2.28. The molecule has 1 unspecified atom stereocenters. The maximum absolute atomic E-state index is 4.29. The van der Waals surface area contributed by atoms with Crippen molar-refractivity contribution < 1.29 is 0 Å². The first-order chi connectivity index (χ1) is 6.61. The normalized spacial score (nSPS) is 25.9. The van der Waals surface area contributed by atoms with Crippen molar-refractivity contribution in [2.75, 3.05) is 7.05 Å². The third-order valence-electron chi connectivity index (χ3n) is 4.19. The fraction of sp³-hybridized carbons (Fsp3) is 0.846. The molecule has 1 aliphatic heterocycles. The van der Waals surface area contributed by atoms with Crippen molar-refractivity contribution in [3.63, 3.8) is 0 Å². The second-order valence-corrected chi connectivity index (χ2v) is 4.69. The molecule has 1 heterocycles. The van der Waals surface area contributed by atoms with Gasteiger partial charge < -0.3 is 4.90 Å². The van der Waals surface area contributed by atoms with E-state index in [1.54, 1.807) is 0 Å². The number of rotatable bonds is 4. The lowest BCUT2D eigenvalue weighted by Crippen LogP contribution is -2.23. The molecule has 0 saturated carbocycles. The summed E-state index contributed by atoms with van der Waals surface area (Å²) in [6.45, 7) is 11.2. The smallest absolute Gasteiger partial charge is 0.0292 e. The summed E-state index contributed by atoms with van der Waals surface area (Å²) in [4.78, 5) is 2.43. The third-order valence-corrected chi connectivity index (χ3v) is 4.19. The predicted molar refractivity (Wildman–Crippen MR) is 63.2 cm³/mol. The van der Waals surface area contributed by atoms with Crippen LogP contribution in [0.2, 0.25) is 0 Å². The molecule has 0 N–H and O–H groups in total. The van der Waals surface area contributed by atoms with Gasteiger partial charge in [-0.15, -0.1) is 0 Å². The molecular weight excluding hydrogens is 170 g/mol. The van der Waals surface area contributed by atoms with Gasteiger partial charge in [0.1, 0.15) is 0 Å². The van der Waals surface area contributed by atoms with Crippen LogP contribution in [0.3, 0.4) is 0 Å². The van der Waals surface area contributed by atoms with Crippen molar-refractivity contribution >= 4 is 0 Å². The minimum Gasteiger partial charge on any atom is -0.375 e. The summed E-state index contributed by atoms with van der Waals surface area (Å²) in [5, 5.41) is 0. The molecule has 0 spiro atoms. The highest BCUT2D eigenvalue weighted by atomic mass is 15.2. The molecule has 0 aromatic heterocycles. The Bertz CT molecular complexity index is 203. The summed E-state index contributed by atoms with van der Waals surface area (Å²) in [5.74, 6) is 0. The number of likely N-dealkylation sites (tertiary alicyclic amines) is 1. The maximum Gasteiger partial charge on any atom is 0.0292 e. The second-order valence-electron chi connectivity index (χ2n) is 4.69. The third kappa shape index (κ3) is 1.69. The first-order valence-electron chi connectivity index (χ1n) is 6.03. The highest BCUT2D eigenvalue weighted by Gasteiger charge is 2.42. The molecular formula is C13H25N. The molecule has 82 valence electrons. The van der Waals surface area contributed by atoms with Gasteiger partial charge in [0.05, 0.1) is 0 Å². The van der Waals surface area contributed by atoms with Crippen molar-refractivity contribution in [3.05, 3.63) is 12.3 Å². The first-order valence-corrected chi connectivity index (χ1v) is 6.03. The van der Waals surface area contributed by atoms with Gasteiger partial charge in [-0.2, -0.15) is 0 Å². The zero-order valence-corrected chi connectivity index (χ0v) is 10.3. The molecule has 1 aliphatic rings. The SMILES string of the molecule is C=C1N(C)C(CCC)CC1(CC)CC. The Morgan fingerprint density at radius 1 is 1.36 bits per heavy atom. The lowest BCUT2D eigenvalue weighted by atomic mass is 9.78. The topological polar surface area (TPSA) is 3.24 Å². The summed E-state index contributed by atoms with van der Waals surface area (Å²) in [6.07, 6.45) is 6.41. The van der Waals surface area contributed by atoms with Crippen molar-refractivity contribution in [3.8, 4) is 0 Å². The van der Waals surface area contributed by atoms with Gasteiger partial charge in [0.2, 0.25) is 0 Å². The Kier molecular flexibility index (Phi) is 3.63. The quantitative estimate of drug-likeness (QED) is 0.659. The van der Waals surface area contributed by atoms with Crippen LogP contribution in [0.15, 0.2) is 12.3 Å². The fourth-order valence-corrected chi connectivity index (χ4v) is 2.88. The maximum atomic E-state index is 4.29. The van der Waals surface area contributed by atoms with Crippen LogP contribution in [0.1, 0.15) is 52.9 Å². The van der Waals surface area contributed by atoms with Crippen LogP contribution >= 0.6 is 0 Å². The van der Waals surface area contributed by atoms with Crippen LogP contribution in [0.4, 0.5) is 0 Å². The molecule has 0 bridgehead atoms. The van der Waals surface area contributed by atoms with E-state index in [0.717, 1.165) is 6.04 Å². The standard InChI is InChI=1S/C13H25N/c1-6-9-12-10-13(7-2,8-3)11(4)14(12)5/h12H,4,6-10H2,1-3,5H3. The Morgan fingerprint density at radius 2 is 1.93 bits per heavy atom. The van der Waals surface area contributed by atoms with Crippen molar-refractivity contribution in [2.45, 2.75) is 58.9 Å². The van der Waals surface area contributed by atoms with Gasteiger partial charge in [-0.1, -0.05) is 33.8 Å². The van der Waals surface area contributed by atoms with E-state index in [1.165, 1.54) is 37.8 Å². The van der Waals surface area contributed by atoms with Crippen molar-refractivity contribution in [2.24, 2.45) is 5.41 Å². The number of nitrogens with zero attached hydrogens (tertiary/aromatic N) is 1. The predicted octanol–water partition coefficient (Wildman–Crippen LogP) is 3.81. The minimum absolute atomic E-state index is 0.411. The average Bonchev–Trinajstić information content (AvgIpc) is 2.44. The van der Waals surface area contributed by atoms with E-state index in [-0.39, 0.29) is 0 Å². The molecule has 0 radical (unpaired) electrons. The highest BCUT2D eigenvalue weighted by Crippen LogP contribution is 2.48. The molecule has 1 nitrogen and oxygen atoms in total. The van der Waals surface area contributed by atoms with Gasteiger partial charge in [0.15, 0.2) is 0 Å². The fourth-order valence-electron chi connectivity index (χ4n) is 2.88. The molecule has 0 aromatic rings. The molecule has 1 rings (SSSR count). The van der Waals surface area contributed by atoms with Crippen LogP contribution < -0.4 is 0 Å². The van der Waals surface area contributed by atoms with Gasteiger partial charge in [-0.25, -0.2) is 0 Å². The van der Waals surface area contributed by atoms with Crippen molar-refractivity contribution in [1.29, 1.82) is 0 Å². The minimum atomic E-state index is 0.411. The highest BCUT2D eigenvalue weighted by molar-refractivity contribution is 5.16. The van der Waals surface area contributed by atoms with E-state index >= 15 is 0 Å². The molecule has 0 amide bonds. The molecule has 1 atom stereocenters. The Morgan fingerprint density at radius 3 is 2.29 bits per heavy atom. The first kappa shape index (κ1) is 11.6. The van der Waals surface area contributed by atoms with Crippen LogP contribution in [0, 0.1) is 5.41 Å². The van der Waals surface area contributed by atoms with Crippen molar-refractivity contribution in [1.82, 2.24) is 4.90 Å². The van der Waals surface area contributed by atoms with Crippen LogP contribution in [-0.2, 0) is 0 Å². The summed E-state index contributed by atoms with van der Waals surface area (Å²) in [7, 11) is 2.22. The number of hydrogen-bond acceptors (Lipinski definition) is 1. The van der Waals surface area contributed by atoms with Crippen LogP contribution in [0.5, 0.6) is 0 Å². The Balaban J connectivity index is 2.79. The molecule has 1 heteroatoms. The average molecular weight is 195 g/mol. The summed E-state index contributed by atoms with van der Waals surface area (Å²) in [6, 6.07) is 0.743. The number of allylic oxidation sites excluding steroid dienone is 1. The van der Waals surface area contributed by atoms with Gasteiger partial charge in [0.25, 0.3) is 0 Å². The monoisotopic (exact) mass is 195 g/mol. The molecule has 14 heavy (non-hydrogen) atoms. The van der Waals surface area contributed by atoms with Crippen LogP contribution in [-0.4, -0.2) is 18.0 Å². The largest absolute Gasteiger partial charge is 0.375 e. The summed E-state index contributed by atoms with van der Waals surface area (Å²) >= 11 is 0. The van der Waals surface area contributed by atoms with Gasteiger partial charge in [0, 0.05) is 24.2 Å². The van der Waals surface area contributed by atoms with Gasteiger partial charge in [-0.3, -0.25) is 0 Å². The summed E-state index contributed by atoms with van der Waals surface area (Å²) < 4.78 is 0. The second kappa shape index (κ2) is 4.37. The zero-order chi connectivity index (χ0) is 10.8. The molecule has 1 saturated heterocycles. The summed E-state index contributed by atoms with van der Waals surface area (Å²) in [5.41, 5.74) is 1.79. The Hall–Kier alpha value is -0.460. The van der Waals surface area contributed by atoms with E-state index < -0.39 is 0 Å². The van der Waals surface area contributed by atoms with Gasteiger partial charge >= 0.3 is 0 Å². The lowest BCUT2D eigenvalue weighted by molar-refractivity contribution is 0.321.